The summed E-state index contributed by atoms with van der Waals surface area (Å²) in [6.45, 7) is 10.6. The molecule has 3 aromatic rings. The largest absolute Gasteiger partial charge is 0.497 e. The first-order valence-electron chi connectivity index (χ1n) is 13.7. The number of pyridine rings is 1. The van der Waals surface area contributed by atoms with Crippen molar-refractivity contribution in [3.8, 4) is 16.9 Å². The highest BCUT2D eigenvalue weighted by molar-refractivity contribution is 6.03. The number of hydrogen-bond acceptors (Lipinski definition) is 6. The van der Waals surface area contributed by atoms with E-state index in [1.54, 1.807) is 13.2 Å². The molecule has 0 atom stereocenters. The number of rotatable bonds is 9. The molecule has 41 heavy (non-hydrogen) atoms. The molecule has 0 aliphatic carbocycles. The smallest absolute Gasteiger partial charge is 0.253 e. The molecule has 0 bridgehead atoms. The van der Waals surface area contributed by atoms with Gasteiger partial charge >= 0.3 is 0 Å². The van der Waals surface area contributed by atoms with Gasteiger partial charge in [-0.05, 0) is 86.7 Å². The Morgan fingerprint density at radius 2 is 1.88 bits per heavy atom. The minimum absolute atomic E-state index is 0.0955. The van der Waals surface area contributed by atoms with Crippen LogP contribution < -0.4 is 25.8 Å². The van der Waals surface area contributed by atoms with E-state index in [1.165, 1.54) is 6.08 Å². The highest BCUT2D eigenvalue weighted by atomic mass is 16.5. The first kappa shape index (κ1) is 29.6. The zero-order valence-corrected chi connectivity index (χ0v) is 24.3. The van der Waals surface area contributed by atoms with Gasteiger partial charge in [0.25, 0.3) is 11.5 Å². The van der Waals surface area contributed by atoms with Crippen molar-refractivity contribution in [3.63, 3.8) is 0 Å². The topological polar surface area (TPSA) is 113 Å². The summed E-state index contributed by atoms with van der Waals surface area (Å²) < 4.78 is 11.0. The number of methoxy groups -OCH3 is 1. The predicted molar refractivity (Wildman–Crippen MR) is 162 cm³/mol. The van der Waals surface area contributed by atoms with Gasteiger partial charge in [0.2, 0.25) is 5.91 Å². The van der Waals surface area contributed by atoms with Gasteiger partial charge in [0.1, 0.15) is 5.75 Å². The highest BCUT2D eigenvalue weighted by Gasteiger charge is 2.24. The molecule has 3 N–H and O–H groups in total. The molecule has 1 aromatic heterocycles. The number of anilines is 2. The molecule has 2 aromatic carbocycles. The molecule has 0 unspecified atom stereocenters. The Hall–Kier alpha value is -4.37. The summed E-state index contributed by atoms with van der Waals surface area (Å²) in [5, 5.41) is 5.82. The molecule has 2 amide bonds. The molecule has 2 heterocycles. The van der Waals surface area contributed by atoms with E-state index in [1.807, 2.05) is 58.2 Å². The highest BCUT2D eigenvalue weighted by Crippen LogP contribution is 2.37. The standard InChI is InChI=1S/C32H38N4O5/c1-7-30(37)35-28-17-24(40-6)8-9-25(28)22-15-26(21(4)29(16-22)36(5)23-10-12-41-13-11-23)31(38)33-18-27-19(2)14-20(3)34-32(27)39/h7-9,14-17,23H,1,10-13,18H2,2-6H3,(H,33,38)(H,34,39)(H,35,37). The van der Waals surface area contributed by atoms with Gasteiger partial charge in [0, 0.05) is 67.0 Å². The first-order valence-corrected chi connectivity index (χ1v) is 13.7. The average molecular weight is 559 g/mol. The van der Waals surface area contributed by atoms with E-state index < -0.39 is 0 Å². The van der Waals surface area contributed by atoms with Crippen LogP contribution in [0.5, 0.6) is 5.75 Å². The van der Waals surface area contributed by atoms with E-state index >= 15 is 0 Å². The summed E-state index contributed by atoms with van der Waals surface area (Å²) in [4.78, 5) is 43.6. The molecule has 4 rings (SSSR count). The van der Waals surface area contributed by atoms with Crippen LogP contribution >= 0.6 is 0 Å². The average Bonchev–Trinajstić information content (AvgIpc) is 2.96. The fraction of sp³-hybridized carbons (Fsp3) is 0.344. The first-order chi connectivity index (χ1) is 19.6. The number of nitrogens with zero attached hydrogens (tertiary/aromatic N) is 1. The number of benzene rings is 2. The fourth-order valence-corrected chi connectivity index (χ4v) is 5.28. The van der Waals surface area contributed by atoms with E-state index in [0.717, 1.165) is 46.5 Å². The number of nitrogens with one attached hydrogen (secondary N) is 3. The number of carbonyl (C=O) groups is 2. The van der Waals surface area contributed by atoms with Crippen LogP contribution in [0.3, 0.4) is 0 Å². The minimum atomic E-state index is -0.359. The molecular weight excluding hydrogens is 520 g/mol. The maximum atomic E-state index is 13.7. The lowest BCUT2D eigenvalue weighted by atomic mass is 9.94. The summed E-state index contributed by atoms with van der Waals surface area (Å²) in [5.41, 5.74) is 6.10. The Morgan fingerprint density at radius 3 is 2.54 bits per heavy atom. The third-order valence-corrected chi connectivity index (χ3v) is 7.64. The van der Waals surface area contributed by atoms with Crippen molar-refractivity contribution in [2.45, 2.75) is 46.2 Å². The van der Waals surface area contributed by atoms with Crippen molar-refractivity contribution in [3.05, 3.63) is 87.4 Å². The fourth-order valence-electron chi connectivity index (χ4n) is 5.28. The van der Waals surface area contributed by atoms with Gasteiger partial charge in [-0.1, -0.05) is 6.58 Å². The van der Waals surface area contributed by atoms with E-state index in [-0.39, 0.29) is 30.0 Å². The summed E-state index contributed by atoms with van der Waals surface area (Å²) in [5.74, 6) is -0.0743. The van der Waals surface area contributed by atoms with E-state index in [0.29, 0.717) is 35.8 Å². The third kappa shape index (κ3) is 6.69. The Kier molecular flexibility index (Phi) is 9.29. The van der Waals surface area contributed by atoms with Crippen molar-refractivity contribution in [1.82, 2.24) is 10.3 Å². The number of aromatic nitrogens is 1. The summed E-state index contributed by atoms with van der Waals surface area (Å²) >= 11 is 0. The van der Waals surface area contributed by atoms with Crippen LogP contribution in [0.4, 0.5) is 11.4 Å². The monoisotopic (exact) mass is 558 g/mol. The second-order valence-electron chi connectivity index (χ2n) is 10.4. The van der Waals surface area contributed by atoms with Crippen LogP contribution in [0.1, 0.15) is 45.6 Å². The van der Waals surface area contributed by atoms with Crippen molar-refractivity contribution in [1.29, 1.82) is 0 Å². The second kappa shape index (κ2) is 12.9. The zero-order chi connectivity index (χ0) is 29.7. The molecule has 9 heteroatoms. The van der Waals surface area contributed by atoms with Gasteiger partial charge in [0.05, 0.1) is 12.8 Å². The second-order valence-corrected chi connectivity index (χ2v) is 10.4. The van der Waals surface area contributed by atoms with E-state index in [4.69, 9.17) is 9.47 Å². The lowest BCUT2D eigenvalue weighted by Crippen LogP contribution is -2.37. The van der Waals surface area contributed by atoms with Gasteiger partial charge < -0.3 is 30.0 Å². The van der Waals surface area contributed by atoms with Gasteiger partial charge in [-0.25, -0.2) is 0 Å². The molecule has 0 saturated carbocycles. The number of aromatic amines is 1. The number of hydrogen-bond donors (Lipinski definition) is 3. The van der Waals surface area contributed by atoms with E-state index in [9.17, 15) is 14.4 Å². The Bertz CT molecular complexity index is 1520. The number of carbonyl (C=O) groups excluding carboxylic acids is 2. The van der Waals surface area contributed by atoms with Gasteiger partial charge in [-0.2, -0.15) is 0 Å². The van der Waals surface area contributed by atoms with Gasteiger partial charge in [-0.3, -0.25) is 14.4 Å². The van der Waals surface area contributed by atoms with Crippen LogP contribution in [0.25, 0.3) is 11.1 Å². The molecule has 0 spiro atoms. The van der Waals surface area contributed by atoms with Crippen LogP contribution in [0.15, 0.2) is 53.8 Å². The summed E-state index contributed by atoms with van der Waals surface area (Å²) in [6, 6.07) is 11.4. The van der Waals surface area contributed by atoms with Crippen molar-refractivity contribution >= 4 is 23.2 Å². The van der Waals surface area contributed by atoms with E-state index in [2.05, 4.69) is 27.1 Å². The quantitative estimate of drug-likeness (QED) is 0.330. The minimum Gasteiger partial charge on any atom is -0.497 e. The maximum absolute atomic E-state index is 13.7. The molecule has 0 radical (unpaired) electrons. The van der Waals surface area contributed by atoms with Crippen LogP contribution in [-0.4, -0.2) is 50.2 Å². The van der Waals surface area contributed by atoms with Crippen molar-refractivity contribution in [2.75, 3.05) is 37.6 Å². The summed E-state index contributed by atoms with van der Waals surface area (Å²) in [7, 11) is 3.59. The van der Waals surface area contributed by atoms with Gasteiger partial charge in [0.15, 0.2) is 0 Å². The SMILES string of the molecule is C=CC(=O)Nc1cc(OC)ccc1-c1cc(C(=O)NCc2c(C)cc(C)[nH]c2=O)c(C)c(N(C)C2CCOCC2)c1. The Balaban J connectivity index is 1.80. The lowest BCUT2D eigenvalue weighted by Gasteiger charge is -2.34. The molecule has 1 aliphatic heterocycles. The third-order valence-electron chi connectivity index (χ3n) is 7.64. The van der Waals surface area contributed by atoms with Crippen LogP contribution in [-0.2, 0) is 16.1 Å². The maximum Gasteiger partial charge on any atom is 0.253 e. The number of H-pyrrole nitrogens is 1. The van der Waals surface area contributed by atoms with Crippen molar-refractivity contribution < 1.29 is 19.1 Å². The lowest BCUT2D eigenvalue weighted by molar-refractivity contribution is -0.111. The molecule has 216 valence electrons. The van der Waals surface area contributed by atoms with Gasteiger partial charge in [-0.15, -0.1) is 0 Å². The van der Waals surface area contributed by atoms with Crippen molar-refractivity contribution in [2.24, 2.45) is 0 Å². The van der Waals surface area contributed by atoms with Crippen LogP contribution in [0, 0.1) is 20.8 Å². The molecule has 1 saturated heterocycles. The number of ether oxygens (including phenoxy) is 2. The Morgan fingerprint density at radius 1 is 1.15 bits per heavy atom. The summed E-state index contributed by atoms with van der Waals surface area (Å²) in [6.07, 6.45) is 2.96. The zero-order valence-electron chi connectivity index (χ0n) is 24.3. The number of aryl methyl sites for hydroxylation is 2. The number of amides is 2. The predicted octanol–water partition coefficient (Wildman–Crippen LogP) is 4.65. The molecule has 1 fully saturated rings. The van der Waals surface area contributed by atoms with Crippen LogP contribution in [0.2, 0.25) is 0 Å². The molecule has 1 aliphatic rings. The molecular formula is C32H38N4O5. The normalized spacial score (nSPS) is 13.4. The Labute approximate surface area is 240 Å². The molecule has 9 nitrogen and oxygen atoms in total.